The number of sulfonamides is 1. The molecule has 1 amide bonds. The average molecular weight is 405 g/mol. The second kappa shape index (κ2) is 9.71. The van der Waals surface area contributed by atoms with Gasteiger partial charge in [0.25, 0.3) is 0 Å². The van der Waals surface area contributed by atoms with Crippen molar-refractivity contribution < 1.29 is 17.9 Å². The second-order valence-electron chi connectivity index (χ2n) is 7.13. The number of nitrogens with one attached hydrogen (secondary N) is 2. The topological polar surface area (TPSA) is 84.5 Å². The molecule has 152 valence electrons. The number of rotatable bonds is 9. The predicted molar refractivity (Wildman–Crippen MR) is 110 cm³/mol. The van der Waals surface area contributed by atoms with Crippen molar-refractivity contribution in [2.45, 2.75) is 38.1 Å². The molecule has 0 aliphatic rings. The van der Waals surface area contributed by atoms with E-state index < -0.39 is 16.1 Å². The Morgan fingerprint density at radius 1 is 1.11 bits per heavy atom. The monoisotopic (exact) mass is 404 g/mol. The maximum absolute atomic E-state index is 12.9. The molecular weight excluding hydrogens is 376 g/mol. The number of hydrogen-bond acceptors (Lipinski definition) is 4. The Morgan fingerprint density at radius 2 is 1.79 bits per heavy atom. The van der Waals surface area contributed by atoms with Gasteiger partial charge in [-0.2, -0.15) is 4.72 Å². The number of carbonyl (C=O) groups is 1. The molecule has 6 nitrogen and oxygen atoms in total. The van der Waals surface area contributed by atoms with Gasteiger partial charge < -0.3 is 10.1 Å². The van der Waals surface area contributed by atoms with Crippen LogP contribution in [0.5, 0.6) is 5.75 Å². The minimum Gasteiger partial charge on any atom is -0.496 e. The quantitative estimate of drug-likeness (QED) is 0.673. The highest BCUT2D eigenvalue weighted by Crippen LogP contribution is 2.21. The van der Waals surface area contributed by atoms with E-state index in [1.54, 1.807) is 13.0 Å². The zero-order valence-electron chi connectivity index (χ0n) is 16.7. The van der Waals surface area contributed by atoms with Crippen molar-refractivity contribution >= 4 is 15.9 Å². The van der Waals surface area contributed by atoms with Gasteiger partial charge >= 0.3 is 0 Å². The van der Waals surface area contributed by atoms with Crippen molar-refractivity contribution in [3.8, 4) is 5.75 Å². The minimum absolute atomic E-state index is 0.0977. The molecule has 2 aromatic rings. The smallest absolute Gasteiger partial charge is 0.241 e. The Labute approximate surface area is 167 Å². The number of aryl methyl sites for hydroxylation is 1. The highest BCUT2D eigenvalue weighted by atomic mass is 32.2. The molecular formula is C21H28N2O4S. The number of benzene rings is 2. The molecule has 7 heteroatoms. The molecule has 0 saturated carbocycles. The lowest BCUT2D eigenvalue weighted by molar-refractivity contribution is -0.122. The maximum atomic E-state index is 12.9. The summed E-state index contributed by atoms with van der Waals surface area (Å²) in [4.78, 5) is 12.8. The fourth-order valence-corrected chi connectivity index (χ4v) is 4.02. The molecule has 2 aromatic carbocycles. The van der Waals surface area contributed by atoms with Gasteiger partial charge in [-0.3, -0.25) is 4.79 Å². The van der Waals surface area contributed by atoms with E-state index in [0.29, 0.717) is 17.9 Å². The number of ether oxygens (including phenoxy) is 1. The summed E-state index contributed by atoms with van der Waals surface area (Å²) in [6, 6.07) is 13.0. The molecule has 0 saturated heterocycles. The van der Waals surface area contributed by atoms with Crippen LogP contribution in [0.4, 0.5) is 0 Å². The van der Waals surface area contributed by atoms with Crippen molar-refractivity contribution in [2.75, 3.05) is 13.7 Å². The van der Waals surface area contributed by atoms with E-state index in [1.807, 2.05) is 44.2 Å². The van der Waals surface area contributed by atoms with Crippen LogP contribution in [0.1, 0.15) is 25.0 Å². The Bertz CT molecular complexity index is 896. The molecule has 0 heterocycles. The number of methoxy groups -OCH3 is 1. The van der Waals surface area contributed by atoms with E-state index >= 15 is 0 Å². The highest BCUT2D eigenvalue weighted by molar-refractivity contribution is 7.89. The van der Waals surface area contributed by atoms with Crippen LogP contribution in [0.25, 0.3) is 0 Å². The van der Waals surface area contributed by atoms with Crippen LogP contribution in [0.2, 0.25) is 0 Å². The lowest BCUT2D eigenvalue weighted by Crippen LogP contribution is -2.48. The molecule has 0 radical (unpaired) electrons. The number of amides is 1. The summed E-state index contributed by atoms with van der Waals surface area (Å²) in [5, 5.41) is 2.82. The summed E-state index contributed by atoms with van der Waals surface area (Å²) in [5.74, 6) is 0.531. The normalized spacial score (nSPS) is 12.6. The zero-order chi connectivity index (χ0) is 20.7. The molecule has 0 aliphatic heterocycles. The second-order valence-corrected chi connectivity index (χ2v) is 8.85. The van der Waals surface area contributed by atoms with Gasteiger partial charge in [-0.15, -0.1) is 0 Å². The summed E-state index contributed by atoms with van der Waals surface area (Å²) in [7, 11) is -2.35. The van der Waals surface area contributed by atoms with Gasteiger partial charge in [0.1, 0.15) is 11.8 Å². The first-order valence-electron chi connectivity index (χ1n) is 9.21. The SMILES string of the molecule is COc1ccc(S(=O)(=O)N[C@H](Cc2ccccc2)C(=O)NCC(C)C)cc1C. The zero-order valence-corrected chi connectivity index (χ0v) is 17.5. The predicted octanol–water partition coefficient (Wildman–Crippen LogP) is 2.67. The van der Waals surface area contributed by atoms with Gasteiger partial charge in [-0.05, 0) is 48.6 Å². The molecule has 0 unspecified atom stereocenters. The third kappa shape index (κ3) is 6.07. The van der Waals surface area contributed by atoms with Crippen molar-refractivity contribution in [3.63, 3.8) is 0 Å². The van der Waals surface area contributed by atoms with E-state index in [0.717, 1.165) is 5.56 Å². The van der Waals surface area contributed by atoms with E-state index in [2.05, 4.69) is 10.0 Å². The first-order chi connectivity index (χ1) is 13.2. The van der Waals surface area contributed by atoms with Crippen molar-refractivity contribution in [2.24, 2.45) is 5.92 Å². The Balaban J connectivity index is 2.26. The first-order valence-corrected chi connectivity index (χ1v) is 10.7. The van der Waals surface area contributed by atoms with Gasteiger partial charge in [0, 0.05) is 6.54 Å². The fraction of sp³-hybridized carbons (Fsp3) is 0.381. The summed E-state index contributed by atoms with van der Waals surface area (Å²) in [6.45, 7) is 6.22. The molecule has 0 aliphatic carbocycles. The van der Waals surface area contributed by atoms with E-state index in [9.17, 15) is 13.2 Å². The van der Waals surface area contributed by atoms with Gasteiger partial charge in [0.05, 0.1) is 12.0 Å². The summed E-state index contributed by atoms with van der Waals surface area (Å²) < 4.78 is 33.5. The third-order valence-electron chi connectivity index (χ3n) is 4.26. The molecule has 2 rings (SSSR count). The molecule has 28 heavy (non-hydrogen) atoms. The fourth-order valence-electron chi connectivity index (χ4n) is 2.74. The lowest BCUT2D eigenvalue weighted by atomic mass is 10.1. The maximum Gasteiger partial charge on any atom is 0.241 e. The van der Waals surface area contributed by atoms with Crippen LogP contribution in [0, 0.1) is 12.8 Å². The van der Waals surface area contributed by atoms with Crippen molar-refractivity contribution in [1.82, 2.24) is 10.0 Å². The van der Waals surface area contributed by atoms with E-state index in [-0.39, 0.29) is 23.1 Å². The number of carbonyl (C=O) groups excluding carboxylic acids is 1. The van der Waals surface area contributed by atoms with Gasteiger partial charge in [-0.1, -0.05) is 44.2 Å². The average Bonchev–Trinajstić information content (AvgIpc) is 2.66. The van der Waals surface area contributed by atoms with Crippen LogP contribution in [0.3, 0.4) is 0 Å². The van der Waals surface area contributed by atoms with Crippen LogP contribution in [-0.2, 0) is 21.2 Å². The van der Waals surface area contributed by atoms with Gasteiger partial charge in [-0.25, -0.2) is 8.42 Å². The van der Waals surface area contributed by atoms with Crippen molar-refractivity contribution in [1.29, 1.82) is 0 Å². The van der Waals surface area contributed by atoms with Gasteiger partial charge in [0.15, 0.2) is 0 Å². The first kappa shape index (κ1) is 21.9. The molecule has 1 atom stereocenters. The Kier molecular flexibility index (Phi) is 7.60. The molecule has 0 aromatic heterocycles. The molecule has 0 bridgehead atoms. The highest BCUT2D eigenvalue weighted by Gasteiger charge is 2.26. The van der Waals surface area contributed by atoms with Crippen LogP contribution in [0.15, 0.2) is 53.4 Å². The van der Waals surface area contributed by atoms with Crippen LogP contribution in [-0.4, -0.2) is 34.0 Å². The summed E-state index contributed by atoms with van der Waals surface area (Å²) in [5.41, 5.74) is 1.58. The molecule has 0 fully saturated rings. The Morgan fingerprint density at radius 3 is 2.36 bits per heavy atom. The Hall–Kier alpha value is -2.38. The van der Waals surface area contributed by atoms with E-state index in [4.69, 9.17) is 4.74 Å². The number of hydrogen-bond donors (Lipinski definition) is 2. The lowest BCUT2D eigenvalue weighted by Gasteiger charge is -2.20. The minimum atomic E-state index is -3.88. The van der Waals surface area contributed by atoms with Gasteiger partial charge in [0.2, 0.25) is 15.9 Å². The summed E-state index contributed by atoms with van der Waals surface area (Å²) >= 11 is 0. The largest absolute Gasteiger partial charge is 0.496 e. The molecule has 2 N–H and O–H groups in total. The van der Waals surface area contributed by atoms with E-state index in [1.165, 1.54) is 19.2 Å². The van der Waals surface area contributed by atoms with Crippen LogP contribution < -0.4 is 14.8 Å². The summed E-state index contributed by atoms with van der Waals surface area (Å²) in [6.07, 6.45) is 0.263. The van der Waals surface area contributed by atoms with Crippen molar-refractivity contribution in [3.05, 3.63) is 59.7 Å². The third-order valence-corrected chi connectivity index (χ3v) is 5.73. The standard InChI is InChI=1S/C21H28N2O4S/c1-15(2)14-22-21(24)19(13-17-8-6-5-7-9-17)23-28(25,26)18-10-11-20(27-4)16(3)12-18/h5-12,15,19,23H,13-14H2,1-4H3,(H,22,24)/t19-/m1/s1. The van der Waals surface area contributed by atoms with Crippen LogP contribution >= 0.6 is 0 Å². The molecule has 0 spiro atoms.